The van der Waals surface area contributed by atoms with Crippen LogP contribution in [0.4, 0.5) is 0 Å². The summed E-state index contributed by atoms with van der Waals surface area (Å²) in [4.78, 5) is 0. The van der Waals surface area contributed by atoms with Crippen molar-refractivity contribution < 1.29 is 0 Å². The van der Waals surface area contributed by atoms with E-state index in [1.54, 1.807) is 0 Å². The van der Waals surface area contributed by atoms with Crippen molar-refractivity contribution in [3.63, 3.8) is 0 Å². The Kier molecular flexibility index (Phi) is 6.78. The van der Waals surface area contributed by atoms with E-state index in [4.69, 9.17) is 0 Å². The molecule has 1 heteroatoms. The van der Waals surface area contributed by atoms with Crippen molar-refractivity contribution in [3.05, 3.63) is 179 Å². The molecule has 1 heterocycles. The summed E-state index contributed by atoms with van der Waals surface area (Å²) in [5.74, 6) is 0. The first-order valence-electron chi connectivity index (χ1n) is 19.9. The van der Waals surface area contributed by atoms with Gasteiger partial charge in [0.05, 0.1) is 0 Å². The summed E-state index contributed by atoms with van der Waals surface area (Å²) < 4.78 is 2.72. The van der Waals surface area contributed by atoms with Crippen molar-refractivity contribution in [3.8, 4) is 44.5 Å². The van der Waals surface area contributed by atoms with Gasteiger partial charge < -0.3 is 0 Å². The van der Waals surface area contributed by atoms with Gasteiger partial charge >= 0.3 is 0 Å². The van der Waals surface area contributed by atoms with Crippen LogP contribution in [0.3, 0.4) is 0 Å². The van der Waals surface area contributed by atoms with Crippen LogP contribution >= 0.6 is 11.3 Å². The highest BCUT2D eigenvalue weighted by atomic mass is 32.1. The lowest BCUT2D eigenvalue weighted by Crippen LogP contribution is -2.31. The maximum absolute atomic E-state index is 2.52. The topological polar surface area (TPSA) is 0 Å². The molecule has 0 saturated heterocycles. The van der Waals surface area contributed by atoms with Crippen LogP contribution in [0.2, 0.25) is 0 Å². The monoisotopic (exact) mass is 730 g/mol. The Bertz CT molecular complexity index is 3430. The quantitative estimate of drug-likeness (QED) is 0.170. The molecular formula is C55H38S. The predicted molar refractivity (Wildman–Crippen MR) is 243 cm³/mol. The van der Waals surface area contributed by atoms with E-state index in [2.05, 4.69) is 184 Å². The van der Waals surface area contributed by atoms with Gasteiger partial charge in [-0.15, -0.1) is 11.3 Å². The third kappa shape index (κ3) is 4.47. The molecule has 0 radical (unpaired) electrons. The Balaban J connectivity index is 1.06. The molecule has 0 amide bonds. The van der Waals surface area contributed by atoms with Gasteiger partial charge in [0.15, 0.2) is 0 Å². The lowest BCUT2D eigenvalue weighted by atomic mass is 9.81. The SMILES string of the molecule is CC1(C)c2ccc(-c3ccc(-c4c5c(c(-c6ccccc6)c6ccccc46)=CCCC=5)c4ccccc34)cc2-c2cc3sc4ccc5ccccc5c4c3cc21. The fourth-order valence-electron chi connectivity index (χ4n) is 10.3. The van der Waals surface area contributed by atoms with Crippen molar-refractivity contribution in [1.82, 2.24) is 0 Å². The predicted octanol–water partition coefficient (Wildman–Crippen LogP) is 14.2. The van der Waals surface area contributed by atoms with Gasteiger partial charge in [-0.3, -0.25) is 0 Å². The molecule has 0 aliphatic heterocycles. The second kappa shape index (κ2) is 11.9. The van der Waals surface area contributed by atoms with E-state index in [0.29, 0.717) is 0 Å². The molecule has 10 aromatic rings. The summed E-state index contributed by atoms with van der Waals surface area (Å²) in [5, 5.41) is 13.4. The number of benzene rings is 9. The second-order valence-corrected chi connectivity index (χ2v) is 17.3. The number of rotatable bonds is 3. The molecule has 0 fully saturated rings. The Morgan fingerprint density at radius 2 is 1.04 bits per heavy atom. The summed E-state index contributed by atoms with van der Waals surface area (Å²) in [7, 11) is 0. The van der Waals surface area contributed by atoms with Crippen LogP contribution in [0.1, 0.15) is 37.8 Å². The Morgan fingerprint density at radius 3 is 1.82 bits per heavy atom. The van der Waals surface area contributed by atoms with Crippen LogP contribution < -0.4 is 10.4 Å². The molecule has 1 aromatic heterocycles. The van der Waals surface area contributed by atoms with Crippen LogP contribution in [0, 0.1) is 0 Å². The summed E-state index contributed by atoms with van der Waals surface area (Å²) >= 11 is 1.92. The lowest BCUT2D eigenvalue weighted by molar-refractivity contribution is 0.661. The van der Waals surface area contributed by atoms with E-state index < -0.39 is 0 Å². The molecule has 0 N–H and O–H groups in total. The largest absolute Gasteiger partial charge is 0.135 e. The summed E-state index contributed by atoms with van der Waals surface area (Å²) in [5.41, 5.74) is 13.3. The minimum atomic E-state index is -0.0955. The molecule has 9 aromatic carbocycles. The molecule has 264 valence electrons. The van der Waals surface area contributed by atoms with Gasteiger partial charge in [-0.2, -0.15) is 0 Å². The third-order valence-electron chi connectivity index (χ3n) is 12.9. The molecule has 12 rings (SSSR count). The van der Waals surface area contributed by atoms with E-state index in [9.17, 15) is 0 Å². The summed E-state index contributed by atoms with van der Waals surface area (Å²) in [6.45, 7) is 4.81. The van der Waals surface area contributed by atoms with Gasteiger partial charge in [-0.25, -0.2) is 0 Å². The Morgan fingerprint density at radius 1 is 0.411 bits per heavy atom. The molecule has 0 bridgehead atoms. The molecule has 56 heavy (non-hydrogen) atoms. The zero-order chi connectivity index (χ0) is 37.1. The summed E-state index contributed by atoms with van der Waals surface area (Å²) in [6.07, 6.45) is 7.08. The molecular weight excluding hydrogens is 693 g/mol. The number of fused-ring (bicyclic) bond motifs is 11. The van der Waals surface area contributed by atoms with Crippen molar-refractivity contribution in [2.45, 2.75) is 32.1 Å². The minimum Gasteiger partial charge on any atom is -0.135 e. The van der Waals surface area contributed by atoms with Crippen LogP contribution in [-0.4, -0.2) is 0 Å². The first kappa shape index (κ1) is 32.0. The van der Waals surface area contributed by atoms with Gasteiger partial charge in [0, 0.05) is 25.6 Å². The van der Waals surface area contributed by atoms with Crippen LogP contribution in [-0.2, 0) is 5.41 Å². The normalized spacial score (nSPS) is 14.2. The van der Waals surface area contributed by atoms with Gasteiger partial charge in [-0.05, 0) is 135 Å². The highest BCUT2D eigenvalue weighted by molar-refractivity contribution is 7.26. The number of hydrogen-bond donors (Lipinski definition) is 0. The highest BCUT2D eigenvalue weighted by Crippen LogP contribution is 2.53. The van der Waals surface area contributed by atoms with E-state index in [1.165, 1.54) is 119 Å². The zero-order valence-electron chi connectivity index (χ0n) is 31.5. The van der Waals surface area contributed by atoms with E-state index in [1.807, 2.05) is 11.3 Å². The maximum atomic E-state index is 2.52. The number of thiophene rings is 1. The van der Waals surface area contributed by atoms with E-state index in [0.717, 1.165) is 12.8 Å². The van der Waals surface area contributed by atoms with Crippen molar-refractivity contribution >= 4 is 76.0 Å². The van der Waals surface area contributed by atoms with Gasteiger partial charge in [0.2, 0.25) is 0 Å². The standard InChI is InChI=1S/C55H38S/c1-55(2)48-28-24-35(30-45(48)46-32-51-47(31-49(46)55)54-37-17-7-6-14-33(37)25-29-50(54)56-51)36-26-27-44(39-19-9-8-18-38(36)39)53-42-22-12-10-20-40(42)52(34-15-4-3-5-16-34)41-21-11-13-23-43(41)53/h3-10,12,14-32H,11,13H2,1-2H3. The summed E-state index contributed by atoms with van der Waals surface area (Å²) in [6, 6.07) is 59.5. The lowest BCUT2D eigenvalue weighted by Gasteiger charge is -2.22. The minimum absolute atomic E-state index is 0.0955. The van der Waals surface area contributed by atoms with Gasteiger partial charge in [0.1, 0.15) is 0 Å². The average molecular weight is 731 g/mol. The van der Waals surface area contributed by atoms with Crippen molar-refractivity contribution in [1.29, 1.82) is 0 Å². The fraction of sp³-hybridized carbons (Fsp3) is 0.0909. The molecule has 0 nitrogen and oxygen atoms in total. The number of hydrogen-bond acceptors (Lipinski definition) is 1. The van der Waals surface area contributed by atoms with E-state index in [-0.39, 0.29) is 5.41 Å². The fourth-order valence-corrected chi connectivity index (χ4v) is 11.4. The van der Waals surface area contributed by atoms with Crippen molar-refractivity contribution in [2.75, 3.05) is 0 Å². The van der Waals surface area contributed by atoms with Gasteiger partial charge in [-0.1, -0.05) is 159 Å². The molecule has 0 atom stereocenters. The molecule has 2 aliphatic rings. The first-order valence-corrected chi connectivity index (χ1v) is 20.7. The van der Waals surface area contributed by atoms with Crippen LogP contribution in [0.5, 0.6) is 0 Å². The second-order valence-electron chi connectivity index (χ2n) is 16.2. The van der Waals surface area contributed by atoms with E-state index >= 15 is 0 Å². The van der Waals surface area contributed by atoms with Crippen LogP contribution in [0.15, 0.2) is 158 Å². The molecule has 0 unspecified atom stereocenters. The first-order chi connectivity index (χ1) is 27.5. The smallest absolute Gasteiger partial charge is 0.0362 e. The molecule has 2 aliphatic carbocycles. The van der Waals surface area contributed by atoms with Crippen molar-refractivity contribution in [2.24, 2.45) is 0 Å². The molecule has 0 spiro atoms. The Hall–Kier alpha value is -6.28. The molecule has 0 saturated carbocycles. The maximum Gasteiger partial charge on any atom is 0.0362 e. The highest BCUT2D eigenvalue weighted by Gasteiger charge is 2.36. The Labute approximate surface area is 330 Å². The third-order valence-corrected chi connectivity index (χ3v) is 14.0. The zero-order valence-corrected chi connectivity index (χ0v) is 32.3. The van der Waals surface area contributed by atoms with Crippen LogP contribution in [0.25, 0.3) is 109 Å². The average Bonchev–Trinajstić information content (AvgIpc) is 3.73. The van der Waals surface area contributed by atoms with Gasteiger partial charge in [0.25, 0.3) is 0 Å².